The first-order chi connectivity index (χ1) is 12.8. The van der Waals surface area contributed by atoms with Crippen LogP contribution in [0.2, 0.25) is 0 Å². The van der Waals surface area contributed by atoms with Gasteiger partial charge in [0.05, 0.1) is 17.0 Å². The second-order valence-corrected chi connectivity index (χ2v) is 8.41. The van der Waals surface area contributed by atoms with E-state index in [9.17, 15) is 13.2 Å². The van der Waals surface area contributed by atoms with E-state index in [1.165, 1.54) is 12.4 Å². The molecule has 2 heterocycles. The lowest BCUT2D eigenvalue weighted by Crippen LogP contribution is -2.42. The summed E-state index contributed by atoms with van der Waals surface area (Å²) in [5.41, 5.74) is 2.65. The maximum atomic E-state index is 12.6. The van der Waals surface area contributed by atoms with Crippen LogP contribution in [0.4, 0.5) is 0 Å². The van der Waals surface area contributed by atoms with E-state index >= 15 is 0 Å². The maximum absolute atomic E-state index is 12.6. The van der Waals surface area contributed by atoms with Gasteiger partial charge in [-0.3, -0.25) is 0 Å². The quantitative estimate of drug-likeness (QED) is 0.579. The van der Waals surface area contributed by atoms with Gasteiger partial charge in [-0.25, -0.2) is 17.2 Å². The van der Waals surface area contributed by atoms with Crippen molar-refractivity contribution >= 4 is 33.3 Å². The van der Waals surface area contributed by atoms with Crippen LogP contribution in [0.15, 0.2) is 58.9 Å². The number of carbonyl (C=O) groups excluding carboxylic acids is 1. The van der Waals surface area contributed by atoms with Crippen molar-refractivity contribution in [1.82, 2.24) is 14.6 Å². The topological polar surface area (TPSA) is 89.4 Å². The number of nitrogens with zero attached hydrogens (tertiary/aromatic N) is 1. The molecule has 0 saturated carbocycles. The largest absolute Gasteiger partial charge is 0.457 e. The first kappa shape index (κ1) is 19.1. The number of nitrogens with one attached hydrogen (secondary N) is 2. The van der Waals surface area contributed by atoms with Gasteiger partial charge in [0.2, 0.25) is 0 Å². The fourth-order valence-electron chi connectivity index (χ4n) is 2.54. The molecule has 0 saturated heterocycles. The van der Waals surface area contributed by atoms with Gasteiger partial charge in [-0.2, -0.15) is 0 Å². The Labute approximate surface area is 163 Å². The van der Waals surface area contributed by atoms with Crippen LogP contribution in [0.25, 0.3) is 0 Å². The van der Waals surface area contributed by atoms with Crippen LogP contribution in [-0.4, -0.2) is 30.0 Å². The van der Waals surface area contributed by atoms with Crippen LogP contribution in [0.1, 0.15) is 18.1 Å². The summed E-state index contributed by atoms with van der Waals surface area (Å²) in [5, 5.41) is 6.20. The highest BCUT2D eigenvalue weighted by molar-refractivity contribution is 7.90. The second-order valence-electron chi connectivity index (χ2n) is 6.16. The van der Waals surface area contributed by atoms with Crippen molar-refractivity contribution in [2.24, 2.45) is 0 Å². The molecule has 2 N–H and O–H groups in total. The van der Waals surface area contributed by atoms with Crippen molar-refractivity contribution < 1.29 is 17.9 Å². The highest BCUT2D eigenvalue weighted by atomic mass is 32.2. The minimum absolute atomic E-state index is 0.0313. The smallest absolute Gasteiger partial charge is 0.337 e. The van der Waals surface area contributed by atoms with E-state index in [0.717, 1.165) is 9.54 Å². The Balaban J connectivity index is 1.69. The zero-order valence-corrected chi connectivity index (χ0v) is 16.5. The average molecular weight is 406 g/mol. The summed E-state index contributed by atoms with van der Waals surface area (Å²) in [6, 6.07) is 8.22. The molecule has 27 heavy (non-hydrogen) atoms. The van der Waals surface area contributed by atoms with Crippen LogP contribution in [0.5, 0.6) is 0 Å². The third-order valence-electron chi connectivity index (χ3n) is 4.12. The lowest BCUT2D eigenvalue weighted by Gasteiger charge is -2.20. The normalized spacial score (nSPS) is 14.5. The van der Waals surface area contributed by atoms with Gasteiger partial charge < -0.3 is 15.4 Å². The summed E-state index contributed by atoms with van der Waals surface area (Å²) in [7, 11) is -3.68. The van der Waals surface area contributed by atoms with E-state index < -0.39 is 16.0 Å². The Morgan fingerprint density at radius 3 is 2.59 bits per heavy atom. The molecule has 0 fully saturated rings. The third kappa shape index (κ3) is 4.20. The molecule has 7 nitrogen and oxygen atoms in total. The molecule has 9 heteroatoms. The highest BCUT2D eigenvalue weighted by Gasteiger charge is 2.20. The Bertz CT molecular complexity index is 1020. The number of esters is 1. The number of allylic oxidation sites excluding steroid dienone is 1. The van der Waals surface area contributed by atoms with E-state index in [1.54, 1.807) is 37.3 Å². The van der Waals surface area contributed by atoms with Crippen LogP contribution in [0.3, 0.4) is 0 Å². The minimum atomic E-state index is -3.68. The van der Waals surface area contributed by atoms with Gasteiger partial charge in [0.15, 0.2) is 5.11 Å². The molecule has 0 spiro atoms. The third-order valence-corrected chi connectivity index (χ3v) is 6.02. The SMILES string of the molecule is CC1=C(C(=O)OCc2ccn(S(=O)(=O)c3ccc(C)cc3)c2)CNC(=S)N1. The lowest BCUT2D eigenvalue weighted by atomic mass is 10.2. The first-order valence-electron chi connectivity index (χ1n) is 8.18. The Kier molecular flexibility index (Phi) is 5.33. The van der Waals surface area contributed by atoms with Crippen molar-refractivity contribution in [2.75, 3.05) is 6.54 Å². The number of hydrogen-bond acceptors (Lipinski definition) is 5. The zero-order valence-electron chi connectivity index (χ0n) is 14.9. The number of thiocarbonyl (C=S) groups is 1. The van der Waals surface area contributed by atoms with Gasteiger partial charge >= 0.3 is 5.97 Å². The summed E-state index contributed by atoms with van der Waals surface area (Å²) in [4.78, 5) is 12.4. The second kappa shape index (κ2) is 7.53. The predicted octanol–water partition coefficient (Wildman–Crippen LogP) is 1.83. The Hall–Kier alpha value is -2.65. The molecule has 0 bridgehead atoms. The lowest BCUT2D eigenvalue weighted by molar-refractivity contribution is -0.140. The Morgan fingerprint density at radius 1 is 1.22 bits per heavy atom. The van der Waals surface area contributed by atoms with Gasteiger partial charge in [0.25, 0.3) is 10.0 Å². The van der Waals surface area contributed by atoms with Crippen LogP contribution in [0, 0.1) is 6.92 Å². The number of rotatable bonds is 5. The fraction of sp³-hybridized carbons (Fsp3) is 0.222. The maximum Gasteiger partial charge on any atom is 0.337 e. The van der Waals surface area contributed by atoms with Gasteiger partial charge in [0, 0.05) is 23.7 Å². The molecule has 0 unspecified atom stereocenters. The summed E-state index contributed by atoms with van der Waals surface area (Å²) in [6.45, 7) is 3.89. The number of benzene rings is 1. The van der Waals surface area contributed by atoms with E-state index in [4.69, 9.17) is 17.0 Å². The molecule has 0 amide bonds. The van der Waals surface area contributed by atoms with Crippen LogP contribution in [-0.2, 0) is 26.2 Å². The average Bonchev–Trinajstić information content (AvgIpc) is 3.10. The summed E-state index contributed by atoms with van der Waals surface area (Å²) >= 11 is 4.98. The molecule has 1 aromatic carbocycles. The van der Waals surface area contributed by atoms with Crippen LogP contribution >= 0.6 is 12.2 Å². The molecular weight excluding hydrogens is 386 g/mol. The molecule has 1 aliphatic heterocycles. The van der Waals surface area contributed by atoms with Crippen molar-refractivity contribution in [3.63, 3.8) is 0 Å². The molecule has 0 aliphatic carbocycles. The van der Waals surface area contributed by atoms with Gasteiger partial charge in [-0.15, -0.1) is 0 Å². The van der Waals surface area contributed by atoms with Gasteiger partial charge in [-0.1, -0.05) is 17.7 Å². The van der Waals surface area contributed by atoms with Crippen LogP contribution < -0.4 is 10.6 Å². The number of carbonyl (C=O) groups is 1. The molecule has 3 rings (SSSR count). The van der Waals surface area contributed by atoms with Gasteiger partial charge in [-0.05, 0) is 44.3 Å². The highest BCUT2D eigenvalue weighted by Crippen LogP contribution is 2.17. The van der Waals surface area contributed by atoms with Crippen molar-refractivity contribution in [1.29, 1.82) is 0 Å². The summed E-state index contributed by atoms with van der Waals surface area (Å²) in [6.07, 6.45) is 2.88. The minimum Gasteiger partial charge on any atom is -0.457 e. The van der Waals surface area contributed by atoms with E-state index in [-0.39, 0.29) is 11.5 Å². The van der Waals surface area contributed by atoms with Crippen molar-refractivity contribution in [3.8, 4) is 0 Å². The summed E-state index contributed by atoms with van der Waals surface area (Å²) in [5.74, 6) is -0.482. The number of aryl methyl sites for hydroxylation is 1. The predicted molar refractivity (Wildman–Crippen MR) is 104 cm³/mol. The number of aromatic nitrogens is 1. The molecule has 142 valence electrons. The molecule has 2 aromatic rings. The molecule has 0 atom stereocenters. The summed E-state index contributed by atoms with van der Waals surface area (Å²) < 4.78 is 31.7. The van der Waals surface area contributed by atoms with Gasteiger partial charge in [0.1, 0.15) is 6.61 Å². The van der Waals surface area contributed by atoms with Crippen molar-refractivity contribution in [2.45, 2.75) is 25.3 Å². The zero-order chi connectivity index (χ0) is 19.6. The van der Waals surface area contributed by atoms with Crippen molar-refractivity contribution in [3.05, 3.63) is 65.1 Å². The van der Waals surface area contributed by atoms with E-state index in [0.29, 0.717) is 28.5 Å². The number of hydrogen-bond donors (Lipinski definition) is 2. The molecule has 1 aromatic heterocycles. The number of ether oxygens (including phenoxy) is 1. The fourth-order valence-corrected chi connectivity index (χ4v) is 3.98. The monoisotopic (exact) mass is 405 g/mol. The standard InChI is InChI=1S/C18H19N3O4S2/c1-12-3-5-15(6-4-12)27(23,24)21-8-7-14(10-21)11-25-17(22)16-9-19-18(26)20-13(16)2/h3-8,10H,9,11H2,1-2H3,(H2,19,20,26). The van der Waals surface area contributed by atoms with E-state index in [2.05, 4.69) is 10.6 Å². The molecular formula is C18H19N3O4S2. The first-order valence-corrected chi connectivity index (χ1v) is 10.0. The molecule has 1 aliphatic rings. The molecule has 0 radical (unpaired) electrons. The van der Waals surface area contributed by atoms with E-state index in [1.807, 2.05) is 6.92 Å². The Morgan fingerprint density at radius 2 is 1.93 bits per heavy atom.